The highest BCUT2D eigenvalue weighted by Gasteiger charge is 2.09. The summed E-state index contributed by atoms with van der Waals surface area (Å²) in [5.74, 6) is 2.97. The zero-order chi connectivity index (χ0) is 24.4. The molecule has 4 rings (SSSR count). The third-order valence-corrected chi connectivity index (χ3v) is 4.43. The average Bonchev–Trinajstić information content (AvgIpc) is 2.87. The first kappa shape index (κ1) is 34.5. The predicted octanol–water partition coefficient (Wildman–Crippen LogP) is 5.47. The lowest BCUT2D eigenvalue weighted by Crippen LogP contribution is -1.94. The first-order valence-corrected chi connectivity index (χ1v) is 9.82. The summed E-state index contributed by atoms with van der Waals surface area (Å²) < 4.78 is 25.7. The van der Waals surface area contributed by atoms with Crippen LogP contribution >= 0.6 is 11.6 Å². The van der Waals surface area contributed by atoms with Crippen LogP contribution in [-0.4, -0.2) is 67.7 Å². The van der Waals surface area contributed by atoms with Crippen LogP contribution in [0.3, 0.4) is 0 Å². The van der Waals surface area contributed by atoms with Crippen LogP contribution in [0.25, 0.3) is 22.1 Å². The molecule has 0 amide bonds. The Bertz CT molecular complexity index is 1210. The Labute approximate surface area is 218 Å². The maximum Gasteiger partial charge on any atom is 0.232 e. The monoisotopic (exact) mass is 524 g/mol. The molecule has 200 valence electrons. The molecule has 4 aromatic rings. The number of benzene rings is 2. The number of aliphatic hydroxyl groups excluding tert-OH is 1. The first-order chi connectivity index (χ1) is 16.0. The van der Waals surface area contributed by atoms with Crippen LogP contribution in [-0.2, 0) is 0 Å². The SMILES string of the molecule is C.C.C.CO.COc1cc2ncc(Cl)nc2cc1OC.COc1cnc2cc(OC)c(OC)cc2n1. The summed E-state index contributed by atoms with van der Waals surface area (Å²) >= 11 is 5.74. The van der Waals surface area contributed by atoms with Crippen molar-refractivity contribution in [2.24, 2.45) is 0 Å². The Kier molecular flexibility index (Phi) is 16.2. The molecule has 0 spiro atoms. The molecule has 1 N–H and O–H groups in total. The summed E-state index contributed by atoms with van der Waals surface area (Å²) in [6.07, 6.45) is 3.06. The van der Waals surface area contributed by atoms with Gasteiger partial charge in [0.05, 0.1) is 70.0 Å². The molecule has 0 radical (unpaired) electrons. The van der Waals surface area contributed by atoms with Gasteiger partial charge in [0, 0.05) is 31.4 Å². The van der Waals surface area contributed by atoms with E-state index >= 15 is 0 Å². The highest BCUT2D eigenvalue weighted by atomic mass is 35.5. The van der Waals surface area contributed by atoms with Crippen LogP contribution in [0, 0.1) is 0 Å². The first-order valence-electron chi connectivity index (χ1n) is 9.44. The minimum atomic E-state index is 0. The molecule has 0 saturated carbocycles. The van der Waals surface area contributed by atoms with Crippen LogP contribution in [0.5, 0.6) is 28.9 Å². The molecule has 10 nitrogen and oxygen atoms in total. The van der Waals surface area contributed by atoms with Crippen molar-refractivity contribution in [1.29, 1.82) is 0 Å². The molecule has 0 aliphatic rings. The van der Waals surface area contributed by atoms with Crippen molar-refractivity contribution >= 4 is 33.7 Å². The molecule has 0 fully saturated rings. The van der Waals surface area contributed by atoms with E-state index in [9.17, 15) is 0 Å². The van der Waals surface area contributed by atoms with Gasteiger partial charge in [-0.15, -0.1) is 0 Å². The molecule has 2 aromatic heterocycles. The zero-order valence-electron chi connectivity index (χ0n) is 19.1. The molecule has 0 aliphatic carbocycles. The van der Waals surface area contributed by atoms with Crippen LogP contribution < -0.4 is 23.7 Å². The van der Waals surface area contributed by atoms with Gasteiger partial charge in [-0.05, 0) is 0 Å². The van der Waals surface area contributed by atoms with Gasteiger partial charge in [0.15, 0.2) is 23.0 Å². The van der Waals surface area contributed by atoms with Gasteiger partial charge < -0.3 is 28.8 Å². The summed E-state index contributed by atoms with van der Waals surface area (Å²) in [6, 6.07) is 7.05. The number of aromatic nitrogens is 4. The number of methoxy groups -OCH3 is 5. The molecule has 11 heteroatoms. The van der Waals surface area contributed by atoms with Crippen molar-refractivity contribution < 1.29 is 28.8 Å². The summed E-state index contributed by atoms with van der Waals surface area (Å²) in [6.45, 7) is 0. The maximum absolute atomic E-state index is 7.00. The van der Waals surface area contributed by atoms with Crippen molar-refractivity contribution in [2.45, 2.75) is 22.3 Å². The number of ether oxygens (including phenoxy) is 5. The van der Waals surface area contributed by atoms with E-state index in [2.05, 4.69) is 19.9 Å². The maximum atomic E-state index is 7.00. The fourth-order valence-electron chi connectivity index (χ4n) is 2.74. The molecule has 0 bridgehead atoms. The number of fused-ring (bicyclic) bond motifs is 2. The van der Waals surface area contributed by atoms with Crippen molar-refractivity contribution in [3.8, 4) is 28.9 Å². The summed E-state index contributed by atoms with van der Waals surface area (Å²) in [5, 5.41) is 7.36. The molecule has 0 saturated heterocycles. The van der Waals surface area contributed by atoms with Crippen molar-refractivity contribution in [2.75, 3.05) is 42.7 Å². The highest BCUT2D eigenvalue weighted by molar-refractivity contribution is 6.29. The van der Waals surface area contributed by atoms with E-state index < -0.39 is 0 Å². The molecule has 2 heterocycles. The lowest BCUT2D eigenvalue weighted by atomic mass is 10.2. The van der Waals surface area contributed by atoms with Crippen molar-refractivity contribution in [3.63, 3.8) is 0 Å². The second kappa shape index (κ2) is 16.9. The molecule has 0 aliphatic heterocycles. The fourth-order valence-corrected chi connectivity index (χ4v) is 2.88. The zero-order valence-corrected chi connectivity index (χ0v) is 19.9. The Morgan fingerprint density at radius 3 is 1.31 bits per heavy atom. The van der Waals surface area contributed by atoms with Gasteiger partial charge in [-0.1, -0.05) is 33.9 Å². The lowest BCUT2D eigenvalue weighted by molar-refractivity contribution is 0.355. The molecule has 36 heavy (non-hydrogen) atoms. The standard InChI is InChI=1S/C11H12N2O3.C10H9ClN2O2.CH4O.3CH4/c1-14-9-4-7-8(5-10(9)15-2)13-11(16-3)6-12-7;1-14-8-3-6-7(4-9(8)15-2)13-10(11)5-12-6;1-2;;;/h4-6H,1-3H3;3-5H,1-2H3;2H,1H3;3*1H4. The Hall–Kier alpha value is -3.63. The molecular weight excluding hydrogens is 488 g/mol. The van der Waals surface area contributed by atoms with Gasteiger partial charge in [-0.25, -0.2) is 15.0 Å². The molecule has 0 atom stereocenters. The van der Waals surface area contributed by atoms with Crippen LogP contribution in [0.4, 0.5) is 0 Å². The second-order valence-corrected chi connectivity index (χ2v) is 6.38. The summed E-state index contributed by atoms with van der Waals surface area (Å²) in [5.41, 5.74) is 2.84. The van der Waals surface area contributed by atoms with Crippen LogP contribution in [0.1, 0.15) is 22.3 Å². The second-order valence-electron chi connectivity index (χ2n) is 6.00. The Morgan fingerprint density at radius 1 is 0.556 bits per heavy atom. The van der Waals surface area contributed by atoms with Gasteiger partial charge in [-0.2, -0.15) is 0 Å². The van der Waals surface area contributed by atoms with E-state index in [0.29, 0.717) is 45.1 Å². The highest BCUT2D eigenvalue weighted by Crippen LogP contribution is 2.31. The van der Waals surface area contributed by atoms with E-state index in [0.717, 1.165) is 18.1 Å². The molecular formula is C25H37ClN4O6. The number of halogens is 1. The topological polar surface area (TPSA) is 118 Å². The van der Waals surface area contributed by atoms with E-state index in [1.54, 1.807) is 66.0 Å². The number of hydrogen-bond acceptors (Lipinski definition) is 10. The van der Waals surface area contributed by atoms with Crippen LogP contribution in [0.2, 0.25) is 5.15 Å². The number of nitrogens with zero attached hydrogens (tertiary/aromatic N) is 4. The fraction of sp³-hybridized carbons (Fsp3) is 0.360. The predicted molar refractivity (Wildman–Crippen MR) is 145 cm³/mol. The normalized spacial score (nSPS) is 9.00. The largest absolute Gasteiger partial charge is 0.493 e. The van der Waals surface area contributed by atoms with E-state index in [4.69, 9.17) is 40.4 Å². The number of aliphatic hydroxyl groups is 1. The minimum Gasteiger partial charge on any atom is -0.493 e. The average molecular weight is 525 g/mol. The van der Waals surface area contributed by atoms with Crippen molar-refractivity contribution in [1.82, 2.24) is 19.9 Å². The summed E-state index contributed by atoms with van der Waals surface area (Å²) in [4.78, 5) is 16.7. The van der Waals surface area contributed by atoms with Gasteiger partial charge >= 0.3 is 0 Å². The quantitative estimate of drug-likeness (QED) is 0.359. The minimum absolute atomic E-state index is 0. The van der Waals surface area contributed by atoms with Gasteiger partial charge in [-0.3, -0.25) is 4.98 Å². The Balaban J connectivity index is 0. The smallest absolute Gasteiger partial charge is 0.232 e. The van der Waals surface area contributed by atoms with Crippen LogP contribution in [0.15, 0.2) is 36.7 Å². The number of hydrogen-bond donors (Lipinski definition) is 1. The summed E-state index contributed by atoms with van der Waals surface area (Å²) in [7, 11) is 8.86. The van der Waals surface area contributed by atoms with Gasteiger partial charge in [0.25, 0.3) is 0 Å². The lowest BCUT2D eigenvalue weighted by Gasteiger charge is -2.08. The molecule has 0 unspecified atom stereocenters. The van der Waals surface area contributed by atoms with Crippen molar-refractivity contribution in [3.05, 3.63) is 41.8 Å². The molecule has 2 aromatic carbocycles. The Morgan fingerprint density at radius 2 is 0.917 bits per heavy atom. The van der Waals surface area contributed by atoms with Gasteiger partial charge in [0.1, 0.15) is 5.15 Å². The third kappa shape index (κ3) is 8.24. The number of rotatable bonds is 5. The van der Waals surface area contributed by atoms with Gasteiger partial charge in [0.2, 0.25) is 5.88 Å². The van der Waals surface area contributed by atoms with E-state index in [1.807, 2.05) is 0 Å². The third-order valence-electron chi connectivity index (χ3n) is 4.25. The van der Waals surface area contributed by atoms with E-state index in [-0.39, 0.29) is 22.3 Å². The van der Waals surface area contributed by atoms with E-state index in [1.165, 1.54) is 6.20 Å².